The molecule has 0 bridgehead atoms. The number of rotatable bonds is 15. The van der Waals surface area contributed by atoms with Crippen LogP contribution in [0.25, 0.3) is 11.1 Å². The van der Waals surface area contributed by atoms with Crippen LogP contribution in [0.1, 0.15) is 107 Å². The van der Waals surface area contributed by atoms with E-state index in [0.29, 0.717) is 32.5 Å². The van der Waals surface area contributed by atoms with E-state index in [4.69, 9.17) is 14.2 Å². The summed E-state index contributed by atoms with van der Waals surface area (Å²) in [6.45, 7) is 9.68. The van der Waals surface area contributed by atoms with Gasteiger partial charge in [0.2, 0.25) is 11.8 Å². The first-order valence-electron chi connectivity index (χ1n) is 18.7. The Balaban J connectivity index is 1.23. The lowest BCUT2D eigenvalue weighted by Gasteiger charge is -2.38. The molecule has 0 radical (unpaired) electrons. The van der Waals surface area contributed by atoms with Crippen LogP contribution in [-0.4, -0.2) is 65.2 Å². The van der Waals surface area contributed by atoms with Crippen LogP contribution in [0, 0.1) is 0 Å². The number of benzene rings is 3. The highest BCUT2D eigenvalue weighted by atomic mass is 16.7. The van der Waals surface area contributed by atoms with E-state index in [0.717, 1.165) is 72.0 Å². The summed E-state index contributed by atoms with van der Waals surface area (Å²) in [6.07, 6.45) is 4.32. The number of hydrogen-bond donors (Lipinski definition) is 3. The molecular formula is C42H55N3O7. The quantitative estimate of drug-likeness (QED) is 0.120. The Hall–Kier alpha value is -4.09. The second-order valence-corrected chi connectivity index (χ2v) is 14.9. The lowest BCUT2D eigenvalue weighted by atomic mass is 9.98. The third kappa shape index (κ3) is 11.7. The molecule has 2 saturated heterocycles. The molecule has 2 fully saturated rings. The van der Waals surface area contributed by atoms with E-state index < -0.39 is 11.9 Å². The maximum absolute atomic E-state index is 13.1. The molecule has 2 aliphatic rings. The second kappa shape index (κ2) is 18.6. The van der Waals surface area contributed by atoms with Gasteiger partial charge in [-0.2, -0.15) is 0 Å². The van der Waals surface area contributed by atoms with Gasteiger partial charge >= 0.3 is 5.97 Å². The van der Waals surface area contributed by atoms with Crippen molar-refractivity contribution >= 4 is 17.8 Å². The average Bonchev–Trinajstić information content (AvgIpc) is 3.60. The molecule has 10 heteroatoms. The maximum Gasteiger partial charge on any atom is 0.323 e. The van der Waals surface area contributed by atoms with Gasteiger partial charge in [-0.05, 0) is 86.9 Å². The fraction of sp³-hybridized carbons (Fsp3) is 0.500. The monoisotopic (exact) mass is 713 g/mol. The molecule has 5 rings (SSSR count). The van der Waals surface area contributed by atoms with Gasteiger partial charge in [-0.3, -0.25) is 19.3 Å². The Morgan fingerprint density at radius 2 is 1.63 bits per heavy atom. The average molecular weight is 714 g/mol. The van der Waals surface area contributed by atoms with Gasteiger partial charge in [-0.15, -0.1) is 0 Å². The molecule has 3 aromatic rings. The Morgan fingerprint density at radius 3 is 2.35 bits per heavy atom. The molecule has 0 saturated carbocycles. The Bertz CT molecular complexity index is 1620. The smallest absolute Gasteiger partial charge is 0.323 e. The summed E-state index contributed by atoms with van der Waals surface area (Å²) in [5, 5.41) is 15.4. The number of aliphatic hydroxyl groups is 1. The molecule has 0 unspecified atom stereocenters. The summed E-state index contributed by atoms with van der Waals surface area (Å²) in [6, 6.07) is 23.9. The number of nitrogens with one attached hydrogen (secondary N) is 2. The van der Waals surface area contributed by atoms with Crippen molar-refractivity contribution in [3.05, 3.63) is 95.1 Å². The predicted molar refractivity (Wildman–Crippen MR) is 200 cm³/mol. The predicted octanol–water partition coefficient (Wildman–Crippen LogP) is 6.51. The zero-order chi connectivity index (χ0) is 37.1. The standard InChI is InChI=1S/C42H55N3O7/c1-29(47)43-22-7-5-6-13-39(48)44-26-31-10-8-11-35(24-31)32-18-20-34(21-19-32)41-50-36(25-38(51-41)33-16-14-30(28-46)15-17-33)27-45-23-9-12-37(45)40(49)52-42(2,3)4/h8,10-11,14-21,24,36-38,41,46H,5-7,9,12-13,22-23,25-28H2,1-4H3,(H,43,47)(H,44,48)/t36-,37+,38+,41+/m1/s1. The lowest BCUT2D eigenvalue weighted by Crippen LogP contribution is -2.45. The Morgan fingerprint density at radius 1 is 0.885 bits per heavy atom. The van der Waals surface area contributed by atoms with E-state index in [-0.39, 0.29) is 42.6 Å². The summed E-state index contributed by atoms with van der Waals surface area (Å²) >= 11 is 0. The molecule has 0 spiro atoms. The first-order valence-corrected chi connectivity index (χ1v) is 18.7. The fourth-order valence-electron chi connectivity index (χ4n) is 6.81. The third-order valence-corrected chi connectivity index (χ3v) is 9.48. The first kappa shape index (κ1) is 39.1. The van der Waals surface area contributed by atoms with E-state index in [1.165, 1.54) is 6.92 Å². The van der Waals surface area contributed by atoms with Gasteiger partial charge < -0.3 is 30.0 Å². The summed E-state index contributed by atoms with van der Waals surface area (Å²) < 4.78 is 19.0. The number of amides is 2. The van der Waals surface area contributed by atoms with Crippen molar-refractivity contribution in [2.75, 3.05) is 19.6 Å². The van der Waals surface area contributed by atoms with E-state index in [2.05, 4.69) is 39.8 Å². The highest BCUT2D eigenvalue weighted by molar-refractivity contribution is 5.77. The number of esters is 1. The van der Waals surface area contributed by atoms with E-state index in [1.807, 2.05) is 69.3 Å². The van der Waals surface area contributed by atoms with Crippen molar-refractivity contribution < 1.29 is 33.7 Å². The normalized spacial score (nSPS) is 20.7. The number of carbonyl (C=O) groups excluding carboxylic acids is 3. The molecule has 10 nitrogen and oxygen atoms in total. The number of likely N-dealkylation sites (tertiary alicyclic amines) is 1. The van der Waals surface area contributed by atoms with Gasteiger partial charge in [-0.1, -0.05) is 73.2 Å². The maximum atomic E-state index is 13.1. The van der Waals surface area contributed by atoms with Crippen LogP contribution in [0.15, 0.2) is 72.8 Å². The van der Waals surface area contributed by atoms with Crippen LogP contribution < -0.4 is 10.6 Å². The van der Waals surface area contributed by atoms with Crippen LogP contribution in [-0.2, 0) is 41.7 Å². The van der Waals surface area contributed by atoms with E-state index in [1.54, 1.807) is 0 Å². The molecule has 2 heterocycles. The van der Waals surface area contributed by atoms with Gasteiger partial charge in [0.15, 0.2) is 6.29 Å². The van der Waals surface area contributed by atoms with Gasteiger partial charge in [0.25, 0.3) is 0 Å². The minimum absolute atomic E-state index is 0.0197. The van der Waals surface area contributed by atoms with Gasteiger partial charge in [-0.25, -0.2) is 0 Å². The molecule has 0 aliphatic carbocycles. The third-order valence-electron chi connectivity index (χ3n) is 9.48. The highest BCUT2D eigenvalue weighted by Crippen LogP contribution is 2.39. The number of carbonyl (C=O) groups is 3. The van der Waals surface area contributed by atoms with Crippen molar-refractivity contribution in [1.82, 2.24) is 15.5 Å². The molecule has 280 valence electrons. The number of aliphatic hydroxyl groups excluding tert-OH is 1. The van der Waals surface area contributed by atoms with Crippen molar-refractivity contribution in [2.45, 2.75) is 116 Å². The van der Waals surface area contributed by atoms with Crippen molar-refractivity contribution in [1.29, 1.82) is 0 Å². The van der Waals surface area contributed by atoms with E-state index in [9.17, 15) is 19.5 Å². The van der Waals surface area contributed by atoms with Crippen molar-refractivity contribution in [2.24, 2.45) is 0 Å². The zero-order valence-corrected chi connectivity index (χ0v) is 31.1. The molecular weight excluding hydrogens is 658 g/mol. The summed E-state index contributed by atoms with van der Waals surface area (Å²) in [5.74, 6) is -0.191. The minimum atomic E-state index is -0.607. The number of nitrogens with zero attached hydrogens (tertiary/aromatic N) is 1. The summed E-state index contributed by atoms with van der Waals surface area (Å²) in [4.78, 5) is 38.7. The number of unbranched alkanes of at least 4 members (excludes halogenated alkanes) is 2. The molecule has 4 atom stereocenters. The molecule has 52 heavy (non-hydrogen) atoms. The van der Waals surface area contributed by atoms with Gasteiger partial charge in [0.05, 0.1) is 18.8 Å². The largest absolute Gasteiger partial charge is 0.459 e. The molecule has 2 aliphatic heterocycles. The van der Waals surface area contributed by atoms with Crippen LogP contribution in [0.3, 0.4) is 0 Å². The Kier molecular flexibility index (Phi) is 14.0. The van der Waals surface area contributed by atoms with E-state index >= 15 is 0 Å². The molecule has 3 N–H and O–H groups in total. The second-order valence-electron chi connectivity index (χ2n) is 14.9. The molecule has 0 aromatic heterocycles. The van der Waals surface area contributed by atoms with Gasteiger partial charge in [0, 0.05) is 45.0 Å². The van der Waals surface area contributed by atoms with Crippen molar-refractivity contribution in [3.8, 4) is 11.1 Å². The zero-order valence-electron chi connectivity index (χ0n) is 31.1. The number of ether oxygens (including phenoxy) is 3. The van der Waals surface area contributed by atoms with Crippen LogP contribution in [0.4, 0.5) is 0 Å². The Labute approximate surface area is 308 Å². The topological polar surface area (TPSA) is 126 Å². The minimum Gasteiger partial charge on any atom is -0.459 e. The van der Waals surface area contributed by atoms with Crippen LogP contribution >= 0.6 is 0 Å². The SMILES string of the molecule is CC(=O)NCCCCCC(=O)NCc1cccc(-c2ccc([C@H]3O[C@@H](CN4CCC[C@H]4C(=O)OC(C)(C)C)C[C@@H](c4ccc(CO)cc4)O3)cc2)c1. The summed E-state index contributed by atoms with van der Waals surface area (Å²) in [7, 11) is 0. The lowest BCUT2D eigenvalue weighted by molar-refractivity contribution is -0.253. The van der Waals surface area contributed by atoms with Crippen LogP contribution in [0.2, 0.25) is 0 Å². The molecule has 2 amide bonds. The summed E-state index contributed by atoms with van der Waals surface area (Å²) in [5.41, 5.74) is 5.32. The highest BCUT2D eigenvalue weighted by Gasteiger charge is 2.39. The number of hydrogen-bond acceptors (Lipinski definition) is 8. The van der Waals surface area contributed by atoms with Crippen LogP contribution in [0.5, 0.6) is 0 Å². The van der Waals surface area contributed by atoms with Crippen molar-refractivity contribution in [3.63, 3.8) is 0 Å². The first-order chi connectivity index (χ1) is 25.0. The van der Waals surface area contributed by atoms with Gasteiger partial charge in [0.1, 0.15) is 11.6 Å². The molecule has 3 aromatic carbocycles. The fourth-order valence-corrected chi connectivity index (χ4v) is 6.81.